The minimum atomic E-state index is -0.952. The summed E-state index contributed by atoms with van der Waals surface area (Å²) in [4.78, 5) is 25.0. The first-order valence-electron chi connectivity index (χ1n) is 11.6. The van der Waals surface area contributed by atoms with Crippen molar-refractivity contribution >= 4 is 11.9 Å². The molecule has 3 heterocycles. The van der Waals surface area contributed by atoms with E-state index in [4.69, 9.17) is 20.5 Å². The summed E-state index contributed by atoms with van der Waals surface area (Å²) in [5.41, 5.74) is 7.96. The molecule has 36 heavy (non-hydrogen) atoms. The summed E-state index contributed by atoms with van der Waals surface area (Å²) in [6.07, 6.45) is 9.58. The van der Waals surface area contributed by atoms with E-state index in [9.17, 15) is 4.79 Å². The van der Waals surface area contributed by atoms with Gasteiger partial charge in [0.2, 0.25) is 11.9 Å². The van der Waals surface area contributed by atoms with Gasteiger partial charge in [0.15, 0.2) is 5.82 Å². The molecule has 11 heteroatoms. The van der Waals surface area contributed by atoms with E-state index in [1.54, 1.807) is 38.6 Å². The second kappa shape index (κ2) is 8.88. The van der Waals surface area contributed by atoms with Crippen LogP contribution in [-0.2, 0) is 16.8 Å². The number of hydrogen-bond acceptors (Lipinski definition) is 9. The zero-order chi connectivity index (χ0) is 25.3. The van der Waals surface area contributed by atoms with E-state index in [0.717, 1.165) is 36.0 Å². The Bertz CT molecular complexity index is 1430. The Balaban J connectivity index is 1.33. The summed E-state index contributed by atoms with van der Waals surface area (Å²) in [6.45, 7) is 3.24. The molecule has 1 saturated carbocycles. The summed E-state index contributed by atoms with van der Waals surface area (Å²) in [5, 5.41) is 20.3. The molecule has 0 unspecified atom stereocenters. The predicted octanol–water partition coefficient (Wildman–Crippen LogP) is 2.86. The molecule has 0 radical (unpaired) electrons. The van der Waals surface area contributed by atoms with Crippen molar-refractivity contribution in [2.24, 2.45) is 0 Å². The van der Waals surface area contributed by atoms with E-state index in [0.29, 0.717) is 17.3 Å². The fourth-order valence-corrected chi connectivity index (χ4v) is 4.30. The lowest BCUT2D eigenvalue weighted by Crippen LogP contribution is -2.43. The molecule has 1 amide bonds. The summed E-state index contributed by atoms with van der Waals surface area (Å²) < 4.78 is 7.06. The first-order chi connectivity index (χ1) is 17.3. The van der Waals surface area contributed by atoms with Crippen molar-refractivity contribution < 1.29 is 9.32 Å². The lowest BCUT2D eigenvalue weighted by Gasteiger charge is -2.39. The maximum absolute atomic E-state index is 12.2. The van der Waals surface area contributed by atoms with Crippen LogP contribution in [0.1, 0.15) is 44.5 Å². The van der Waals surface area contributed by atoms with E-state index >= 15 is 0 Å². The van der Waals surface area contributed by atoms with Gasteiger partial charge in [0.25, 0.3) is 5.89 Å². The van der Waals surface area contributed by atoms with E-state index in [-0.39, 0.29) is 23.8 Å². The van der Waals surface area contributed by atoms with Gasteiger partial charge in [0.05, 0.1) is 23.2 Å². The second-order valence-electron chi connectivity index (χ2n) is 9.48. The smallest absolute Gasteiger partial charge is 0.261 e. The van der Waals surface area contributed by atoms with Gasteiger partial charge in [0.1, 0.15) is 12.1 Å². The van der Waals surface area contributed by atoms with E-state index in [2.05, 4.69) is 37.7 Å². The number of nitrogens with one attached hydrogen (secondary N) is 1. The molecule has 0 bridgehead atoms. The van der Waals surface area contributed by atoms with Crippen LogP contribution in [0.25, 0.3) is 22.6 Å². The molecule has 1 aromatic carbocycles. The zero-order valence-electron chi connectivity index (χ0n) is 20.0. The highest BCUT2D eigenvalue weighted by Gasteiger charge is 2.44. The molecule has 0 aliphatic heterocycles. The molecule has 0 spiro atoms. The van der Waals surface area contributed by atoms with Crippen LogP contribution in [-0.4, -0.2) is 41.3 Å². The molecule has 3 aromatic heterocycles. The molecule has 0 atom stereocenters. The first kappa shape index (κ1) is 23.2. The fourth-order valence-electron chi connectivity index (χ4n) is 4.30. The van der Waals surface area contributed by atoms with Crippen LogP contribution < -0.4 is 11.1 Å². The number of nitrogen functional groups attached to an aromatic ring is 1. The first-order valence-corrected chi connectivity index (χ1v) is 11.6. The van der Waals surface area contributed by atoms with Gasteiger partial charge in [-0.05, 0) is 37.8 Å². The molecule has 5 rings (SSSR count). The fraction of sp³-hybridized carbons (Fsp3) is 0.320. The molecule has 4 aromatic rings. The molecular weight excluding hydrogens is 458 g/mol. The third-order valence-electron chi connectivity index (χ3n) is 6.42. The van der Waals surface area contributed by atoms with Gasteiger partial charge in [-0.2, -0.15) is 15.3 Å². The largest absolute Gasteiger partial charge is 0.368 e. The van der Waals surface area contributed by atoms with Crippen LogP contribution in [0.4, 0.5) is 5.95 Å². The molecule has 1 aliphatic rings. The number of carbonyl (C=O) groups excluding carboxylic acids is 1. The third kappa shape index (κ3) is 4.40. The van der Waals surface area contributed by atoms with Gasteiger partial charge >= 0.3 is 0 Å². The lowest BCUT2D eigenvalue weighted by atomic mass is 9.64. The van der Waals surface area contributed by atoms with Crippen molar-refractivity contribution in [1.29, 1.82) is 5.26 Å². The highest BCUT2D eigenvalue weighted by atomic mass is 16.5. The van der Waals surface area contributed by atoms with Crippen LogP contribution in [0.3, 0.4) is 0 Å². The Morgan fingerprint density at radius 3 is 2.53 bits per heavy atom. The standard InChI is InChI=1S/C25H25N9O2/c1-24(2,15-26)32-20(35)14-34-13-18(12-30-34)21-31-22(33-36-21)25(8-3-9-25)19-6-4-16(5-7-19)17-10-28-23(27)29-11-17/h4-7,10-13H,3,8-9,14H2,1-2H3,(H,32,35)(H2,27,28,29). The van der Waals surface area contributed by atoms with E-state index in [1.165, 1.54) is 4.68 Å². The van der Waals surface area contributed by atoms with Gasteiger partial charge in [-0.1, -0.05) is 35.8 Å². The Kier molecular flexibility index (Phi) is 5.72. The number of aromatic nitrogens is 6. The van der Waals surface area contributed by atoms with Crippen molar-refractivity contribution in [3.8, 4) is 28.7 Å². The normalized spacial score (nSPS) is 14.6. The molecule has 3 N–H and O–H groups in total. The monoisotopic (exact) mass is 483 g/mol. The maximum atomic E-state index is 12.2. The Labute approximate surface area is 207 Å². The van der Waals surface area contributed by atoms with Crippen molar-refractivity contribution in [3.05, 3.63) is 60.4 Å². The van der Waals surface area contributed by atoms with Gasteiger partial charge in [-0.15, -0.1) is 0 Å². The molecular formula is C25H25N9O2. The SMILES string of the molecule is CC(C)(C#N)NC(=O)Cn1cc(-c2nc(C3(c4ccc(-c5cnc(N)nc5)cc4)CCC3)no2)cn1. The highest BCUT2D eigenvalue weighted by molar-refractivity contribution is 5.77. The second-order valence-corrected chi connectivity index (χ2v) is 9.48. The van der Waals surface area contributed by atoms with Gasteiger partial charge < -0.3 is 15.6 Å². The number of amides is 1. The number of rotatable bonds is 7. The van der Waals surface area contributed by atoms with E-state index in [1.807, 2.05) is 18.2 Å². The van der Waals surface area contributed by atoms with E-state index < -0.39 is 5.54 Å². The minimum absolute atomic E-state index is 0.0264. The number of carbonyl (C=O) groups is 1. The summed E-state index contributed by atoms with van der Waals surface area (Å²) in [6, 6.07) is 10.3. The summed E-state index contributed by atoms with van der Waals surface area (Å²) >= 11 is 0. The molecule has 1 fully saturated rings. The summed E-state index contributed by atoms with van der Waals surface area (Å²) in [7, 11) is 0. The van der Waals surface area contributed by atoms with Gasteiger partial charge in [-0.25, -0.2) is 9.97 Å². The van der Waals surface area contributed by atoms with Gasteiger partial charge in [0, 0.05) is 24.2 Å². The molecule has 182 valence electrons. The highest BCUT2D eigenvalue weighted by Crippen LogP contribution is 2.48. The molecule has 0 saturated heterocycles. The number of hydrogen-bond donors (Lipinski definition) is 2. The van der Waals surface area contributed by atoms with Crippen LogP contribution in [0.2, 0.25) is 0 Å². The lowest BCUT2D eigenvalue weighted by molar-refractivity contribution is -0.122. The van der Waals surface area contributed by atoms with Crippen molar-refractivity contribution in [1.82, 2.24) is 35.2 Å². The maximum Gasteiger partial charge on any atom is 0.261 e. The number of benzene rings is 1. The average molecular weight is 484 g/mol. The average Bonchev–Trinajstić information content (AvgIpc) is 3.49. The van der Waals surface area contributed by atoms with Crippen molar-refractivity contribution in [2.45, 2.75) is 50.6 Å². The van der Waals surface area contributed by atoms with Gasteiger partial charge in [-0.3, -0.25) is 9.48 Å². The number of nitrogens with zero attached hydrogens (tertiary/aromatic N) is 7. The molecule has 11 nitrogen and oxygen atoms in total. The third-order valence-corrected chi connectivity index (χ3v) is 6.42. The van der Waals surface area contributed by atoms with Crippen LogP contribution in [0.5, 0.6) is 0 Å². The van der Waals surface area contributed by atoms with Crippen molar-refractivity contribution in [2.75, 3.05) is 5.73 Å². The Morgan fingerprint density at radius 2 is 1.89 bits per heavy atom. The Morgan fingerprint density at radius 1 is 1.17 bits per heavy atom. The van der Waals surface area contributed by atoms with Crippen molar-refractivity contribution in [3.63, 3.8) is 0 Å². The van der Waals surface area contributed by atoms with Crippen LogP contribution >= 0.6 is 0 Å². The number of anilines is 1. The topological polar surface area (TPSA) is 161 Å². The minimum Gasteiger partial charge on any atom is -0.368 e. The number of nitrogens with two attached hydrogens (primary N) is 1. The Hall–Kier alpha value is -4.59. The van der Waals surface area contributed by atoms with Crippen LogP contribution in [0, 0.1) is 11.3 Å². The van der Waals surface area contributed by atoms with Crippen LogP contribution in [0.15, 0.2) is 53.6 Å². The molecule has 1 aliphatic carbocycles. The quantitative estimate of drug-likeness (QED) is 0.402. The predicted molar refractivity (Wildman–Crippen MR) is 130 cm³/mol. The summed E-state index contributed by atoms with van der Waals surface area (Å²) in [5.74, 6) is 0.905. The number of nitriles is 1. The zero-order valence-corrected chi connectivity index (χ0v) is 20.0.